The molecule has 1 saturated heterocycles. The van der Waals surface area contributed by atoms with Crippen LogP contribution in [-0.2, 0) is 0 Å². The summed E-state index contributed by atoms with van der Waals surface area (Å²) in [5, 5.41) is 10.6. The molecule has 92 valence electrons. The van der Waals surface area contributed by atoms with Crippen LogP contribution in [-0.4, -0.2) is 48.0 Å². The predicted octanol–water partition coefficient (Wildman–Crippen LogP) is 1.50. The second-order valence-electron chi connectivity index (χ2n) is 4.05. The van der Waals surface area contributed by atoms with Crippen molar-refractivity contribution in [1.29, 1.82) is 0 Å². The summed E-state index contributed by atoms with van der Waals surface area (Å²) in [6.45, 7) is 3.73. The third kappa shape index (κ3) is 2.73. The molecule has 1 aliphatic heterocycles. The third-order valence-electron chi connectivity index (χ3n) is 2.82. The molecular weight excluding hydrogens is 288 g/mol. The van der Waals surface area contributed by atoms with Crippen LogP contribution in [0.25, 0.3) is 0 Å². The van der Waals surface area contributed by atoms with Crippen molar-refractivity contribution < 1.29 is 4.92 Å². The molecule has 6 nitrogen and oxygen atoms in total. The van der Waals surface area contributed by atoms with Gasteiger partial charge in [-0.25, -0.2) is 4.98 Å². The lowest BCUT2D eigenvalue weighted by Crippen LogP contribution is -2.44. The summed E-state index contributed by atoms with van der Waals surface area (Å²) in [5.74, 6) is 0.781. The molecule has 0 amide bonds. The Hall–Kier alpha value is -1.21. The lowest BCUT2D eigenvalue weighted by Gasteiger charge is -2.33. The molecule has 0 N–H and O–H groups in total. The monoisotopic (exact) mass is 300 g/mol. The molecule has 0 aromatic carbocycles. The van der Waals surface area contributed by atoms with Crippen LogP contribution in [0.2, 0.25) is 0 Å². The summed E-state index contributed by atoms with van der Waals surface area (Å²) in [4.78, 5) is 18.7. The quantitative estimate of drug-likeness (QED) is 0.612. The van der Waals surface area contributed by atoms with E-state index < -0.39 is 4.92 Å². The van der Waals surface area contributed by atoms with Gasteiger partial charge in [0.25, 0.3) is 5.69 Å². The van der Waals surface area contributed by atoms with Gasteiger partial charge in [-0.3, -0.25) is 10.1 Å². The van der Waals surface area contributed by atoms with E-state index in [0.717, 1.165) is 32.0 Å². The fourth-order valence-electron chi connectivity index (χ4n) is 1.77. The van der Waals surface area contributed by atoms with Crippen LogP contribution in [0.15, 0.2) is 16.7 Å². The van der Waals surface area contributed by atoms with Crippen molar-refractivity contribution in [1.82, 2.24) is 9.88 Å². The Labute approximate surface area is 108 Å². The molecule has 0 atom stereocenters. The van der Waals surface area contributed by atoms with Gasteiger partial charge in [0.1, 0.15) is 12.0 Å². The van der Waals surface area contributed by atoms with Gasteiger partial charge in [-0.05, 0) is 23.0 Å². The van der Waals surface area contributed by atoms with Crippen molar-refractivity contribution in [3.8, 4) is 0 Å². The number of nitrogens with zero attached hydrogens (tertiary/aromatic N) is 4. The lowest BCUT2D eigenvalue weighted by atomic mass is 10.3. The highest BCUT2D eigenvalue weighted by Crippen LogP contribution is 2.27. The normalized spacial score (nSPS) is 17.2. The summed E-state index contributed by atoms with van der Waals surface area (Å²) in [6.07, 6.45) is 1.30. The maximum absolute atomic E-state index is 10.6. The van der Waals surface area contributed by atoms with E-state index in [0.29, 0.717) is 4.47 Å². The van der Waals surface area contributed by atoms with E-state index in [2.05, 4.69) is 37.8 Å². The van der Waals surface area contributed by atoms with E-state index in [-0.39, 0.29) is 5.69 Å². The van der Waals surface area contributed by atoms with Crippen molar-refractivity contribution in [3.05, 3.63) is 26.9 Å². The molecule has 0 aliphatic carbocycles. The Morgan fingerprint density at radius 2 is 2.06 bits per heavy atom. The number of aromatic nitrogens is 1. The van der Waals surface area contributed by atoms with Gasteiger partial charge in [-0.15, -0.1) is 0 Å². The lowest BCUT2D eigenvalue weighted by molar-refractivity contribution is -0.385. The second kappa shape index (κ2) is 4.97. The predicted molar refractivity (Wildman–Crippen MR) is 68.3 cm³/mol. The number of rotatable bonds is 2. The minimum absolute atomic E-state index is 0.00903. The summed E-state index contributed by atoms with van der Waals surface area (Å²) in [5.41, 5.74) is 0.00903. The van der Waals surface area contributed by atoms with Crippen LogP contribution in [0, 0.1) is 10.1 Å². The van der Waals surface area contributed by atoms with Crippen LogP contribution in [0.4, 0.5) is 11.5 Å². The zero-order valence-electron chi connectivity index (χ0n) is 9.47. The Morgan fingerprint density at radius 3 is 2.59 bits per heavy atom. The van der Waals surface area contributed by atoms with E-state index in [1.54, 1.807) is 0 Å². The molecule has 0 radical (unpaired) electrons. The highest BCUT2D eigenvalue weighted by molar-refractivity contribution is 9.10. The first kappa shape index (κ1) is 12.3. The number of hydrogen-bond acceptors (Lipinski definition) is 5. The van der Waals surface area contributed by atoms with Gasteiger partial charge < -0.3 is 9.80 Å². The highest BCUT2D eigenvalue weighted by Gasteiger charge is 2.19. The van der Waals surface area contributed by atoms with Crippen LogP contribution >= 0.6 is 15.9 Å². The zero-order chi connectivity index (χ0) is 12.4. The highest BCUT2D eigenvalue weighted by atomic mass is 79.9. The standard InChI is InChI=1S/C10H13BrN4O2/c1-13-2-4-14(5-3-13)10-9(11)6-8(7-12-10)15(16)17/h6-7H,2-5H2,1H3. The van der Waals surface area contributed by atoms with Crippen molar-refractivity contribution in [2.24, 2.45) is 0 Å². The fourth-order valence-corrected chi connectivity index (χ4v) is 2.36. The number of piperazine rings is 1. The van der Waals surface area contributed by atoms with E-state index in [4.69, 9.17) is 0 Å². The van der Waals surface area contributed by atoms with E-state index in [1.165, 1.54) is 12.3 Å². The molecular formula is C10H13BrN4O2. The fraction of sp³-hybridized carbons (Fsp3) is 0.500. The van der Waals surface area contributed by atoms with Crippen molar-refractivity contribution in [2.75, 3.05) is 38.1 Å². The van der Waals surface area contributed by atoms with Crippen LogP contribution in [0.5, 0.6) is 0 Å². The molecule has 1 aromatic rings. The molecule has 1 aromatic heterocycles. The van der Waals surface area contributed by atoms with Crippen LogP contribution in [0.1, 0.15) is 0 Å². The second-order valence-corrected chi connectivity index (χ2v) is 4.90. The number of hydrogen-bond donors (Lipinski definition) is 0. The van der Waals surface area contributed by atoms with Gasteiger partial charge in [0.15, 0.2) is 0 Å². The van der Waals surface area contributed by atoms with Gasteiger partial charge in [-0.2, -0.15) is 0 Å². The summed E-state index contributed by atoms with van der Waals surface area (Å²) < 4.78 is 0.677. The number of likely N-dealkylation sites (N-methyl/N-ethyl adjacent to an activating group) is 1. The summed E-state index contributed by atoms with van der Waals surface area (Å²) >= 11 is 3.34. The third-order valence-corrected chi connectivity index (χ3v) is 3.40. The van der Waals surface area contributed by atoms with Crippen LogP contribution < -0.4 is 4.90 Å². The first-order chi connectivity index (χ1) is 8.08. The van der Waals surface area contributed by atoms with Crippen LogP contribution in [0.3, 0.4) is 0 Å². The number of anilines is 1. The first-order valence-electron chi connectivity index (χ1n) is 5.31. The molecule has 0 saturated carbocycles. The van der Waals surface area contributed by atoms with Gasteiger partial charge in [0.2, 0.25) is 0 Å². The van der Waals surface area contributed by atoms with Crippen molar-refractivity contribution in [2.45, 2.75) is 0 Å². The molecule has 0 spiro atoms. The first-order valence-corrected chi connectivity index (χ1v) is 6.10. The Bertz CT molecular complexity index is 432. The Balaban J connectivity index is 2.19. The van der Waals surface area contributed by atoms with Gasteiger partial charge in [0.05, 0.1) is 9.40 Å². The average molecular weight is 301 g/mol. The topological polar surface area (TPSA) is 62.5 Å². The molecule has 2 rings (SSSR count). The summed E-state index contributed by atoms with van der Waals surface area (Å²) in [6, 6.07) is 1.50. The summed E-state index contributed by atoms with van der Waals surface area (Å²) in [7, 11) is 2.08. The molecule has 17 heavy (non-hydrogen) atoms. The maximum Gasteiger partial charge on any atom is 0.288 e. The van der Waals surface area contributed by atoms with Gasteiger partial charge >= 0.3 is 0 Å². The van der Waals surface area contributed by atoms with Gasteiger partial charge in [0, 0.05) is 32.2 Å². The van der Waals surface area contributed by atoms with E-state index >= 15 is 0 Å². The Morgan fingerprint density at radius 1 is 1.41 bits per heavy atom. The van der Waals surface area contributed by atoms with Crippen molar-refractivity contribution >= 4 is 27.4 Å². The SMILES string of the molecule is CN1CCN(c2ncc([N+](=O)[O-])cc2Br)CC1. The molecule has 0 bridgehead atoms. The molecule has 1 fully saturated rings. The average Bonchev–Trinajstić information content (AvgIpc) is 2.30. The Kier molecular flexibility index (Phi) is 3.58. The molecule has 2 heterocycles. The maximum atomic E-state index is 10.6. The number of pyridine rings is 1. The van der Waals surface area contributed by atoms with E-state index in [1.807, 2.05) is 0 Å². The minimum Gasteiger partial charge on any atom is -0.353 e. The number of nitro groups is 1. The van der Waals surface area contributed by atoms with E-state index in [9.17, 15) is 10.1 Å². The molecule has 0 unspecified atom stereocenters. The van der Waals surface area contributed by atoms with Gasteiger partial charge in [-0.1, -0.05) is 0 Å². The number of halogens is 1. The smallest absolute Gasteiger partial charge is 0.288 e. The van der Waals surface area contributed by atoms with Crippen molar-refractivity contribution in [3.63, 3.8) is 0 Å². The largest absolute Gasteiger partial charge is 0.353 e. The minimum atomic E-state index is -0.439. The zero-order valence-corrected chi connectivity index (χ0v) is 11.1. The molecule has 7 heteroatoms. The molecule has 1 aliphatic rings.